The summed E-state index contributed by atoms with van der Waals surface area (Å²) in [6, 6.07) is 6.62. The molecule has 1 aromatic rings. The van der Waals surface area contributed by atoms with Gasteiger partial charge in [-0.1, -0.05) is 18.7 Å². The topological polar surface area (TPSA) is 46.5 Å². The summed E-state index contributed by atoms with van der Waals surface area (Å²) in [4.78, 5) is 11.0. The van der Waals surface area contributed by atoms with Crippen LogP contribution >= 0.6 is 0 Å². The molecule has 0 aliphatic heterocycles. The standard InChI is InChI=1S/C11H12O3/c1-8(11(13)14-2)7-9-3-5-10(12)6-4-9/h3-6,12H,1,7H2,2H3. The molecule has 0 unspecified atom stereocenters. The molecule has 0 fully saturated rings. The Morgan fingerprint density at radius 2 is 2.00 bits per heavy atom. The Balaban J connectivity index is 2.65. The maximum Gasteiger partial charge on any atom is 0.333 e. The van der Waals surface area contributed by atoms with Crippen LogP contribution < -0.4 is 0 Å². The van der Waals surface area contributed by atoms with Gasteiger partial charge in [0.2, 0.25) is 0 Å². The normalized spacial score (nSPS) is 9.50. The SMILES string of the molecule is C=C(Cc1ccc(O)cc1)C(=O)OC. The number of hydrogen-bond donors (Lipinski definition) is 1. The lowest BCUT2D eigenvalue weighted by atomic mass is 10.1. The van der Waals surface area contributed by atoms with Gasteiger partial charge in [0.25, 0.3) is 0 Å². The molecule has 74 valence electrons. The molecule has 0 bridgehead atoms. The molecule has 14 heavy (non-hydrogen) atoms. The first-order chi connectivity index (χ1) is 6.63. The second kappa shape index (κ2) is 4.46. The summed E-state index contributed by atoms with van der Waals surface area (Å²) in [7, 11) is 1.32. The van der Waals surface area contributed by atoms with Crippen LogP contribution in [0.5, 0.6) is 5.75 Å². The lowest BCUT2D eigenvalue weighted by Crippen LogP contribution is -2.05. The smallest absolute Gasteiger partial charge is 0.333 e. The number of benzene rings is 1. The fourth-order valence-corrected chi connectivity index (χ4v) is 1.08. The minimum Gasteiger partial charge on any atom is -0.508 e. The number of rotatable bonds is 3. The van der Waals surface area contributed by atoms with Crippen molar-refractivity contribution in [3.63, 3.8) is 0 Å². The van der Waals surface area contributed by atoms with Crippen LogP contribution in [0.3, 0.4) is 0 Å². The van der Waals surface area contributed by atoms with Crippen molar-refractivity contribution in [2.75, 3.05) is 7.11 Å². The minimum atomic E-state index is -0.405. The van der Waals surface area contributed by atoms with Crippen molar-refractivity contribution in [1.29, 1.82) is 0 Å². The molecule has 1 aromatic carbocycles. The van der Waals surface area contributed by atoms with Gasteiger partial charge in [-0.15, -0.1) is 0 Å². The highest BCUT2D eigenvalue weighted by molar-refractivity contribution is 5.88. The Bertz CT molecular complexity index is 338. The van der Waals surface area contributed by atoms with E-state index >= 15 is 0 Å². The summed E-state index contributed by atoms with van der Waals surface area (Å²) >= 11 is 0. The lowest BCUT2D eigenvalue weighted by molar-refractivity contribution is -0.136. The molecule has 3 nitrogen and oxygen atoms in total. The summed E-state index contributed by atoms with van der Waals surface area (Å²) in [5.74, 6) is -0.199. The number of methoxy groups -OCH3 is 1. The van der Waals surface area contributed by atoms with Gasteiger partial charge in [-0.05, 0) is 17.7 Å². The second-order valence-electron chi connectivity index (χ2n) is 2.94. The number of hydrogen-bond acceptors (Lipinski definition) is 3. The van der Waals surface area contributed by atoms with E-state index in [0.29, 0.717) is 12.0 Å². The Hall–Kier alpha value is -1.77. The van der Waals surface area contributed by atoms with Crippen molar-refractivity contribution in [2.24, 2.45) is 0 Å². The van der Waals surface area contributed by atoms with Gasteiger partial charge in [0.1, 0.15) is 5.75 Å². The zero-order chi connectivity index (χ0) is 10.6. The third-order valence-electron chi connectivity index (χ3n) is 1.83. The van der Waals surface area contributed by atoms with Gasteiger partial charge in [0.15, 0.2) is 0 Å². The molecule has 0 aliphatic rings. The van der Waals surface area contributed by atoms with Crippen molar-refractivity contribution < 1.29 is 14.6 Å². The van der Waals surface area contributed by atoms with E-state index in [2.05, 4.69) is 11.3 Å². The molecular weight excluding hydrogens is 180 g/mol. The molecule has 1 rings (SSSR count). The first kappa shape index (κ1) is 10.3. The molecule has 0 atom stereocenters. The van der Waals surface area contributed by atoms with E-state index in [0.717, 1.165) is 5.56 Å². The number of phenols is 1. The monoisotopic (exact) mass is 192 g/mol. The molecule has 0 saturated heterocycles. The average molecular weight is 192 g/mol. The molecule has 0 aromatic heterocycles. The van der Waals surface area contributed by atoms with Crippen molar-refractivity contribution in [2.45, 2.75) is 6.42 Å². The van der Waals surface area contributed by atoms with Gasteiger partial charge in [-0.2, -0.15) is 0 Å². The fraction of sp³-hybridized carbons (Fsp3) is 0.182. The molecule has 0 saturated carbocycles. The van der Waals surface area contributed by atoms with Crippen molar-refractivity contribution >= 4 is 5.97 Å². The number of phenolic OH excluding ortho intramolecular Hbond substituents is 1. The van der Waals surface area contributed by atoms with Crippen LogP contribution in [-0.2, 0) is 16.0 Å². The predicted octanol–water partition coefficient (Wildman–Crippen LogP) is 1.66. The van der Waals surface area contributed by atoms with Gasteiger partial charge in [0.05, 0.1) is 7.11 Å². The van der Waals surface area contributed by atoms with Gasteiger partial charge in [0, 0.05) is 12.0 Å². The molecule has 0 radical (unpaired) electrons. The van der Waals surface area contributed by atoms with Gasteiger partial charge in [-0.3, -0.25) is 0 Å². The van der Waals surface area contributed by atoms with Crippen molar-refractivity contribution in [3.8, 4) is 5.75 Å². The molecule has 0 spiro atoms. The molecule has 3 heteroatoms. The quantitative estimate of drug-likeness (QED) is 0.585. The summed E-state index contributed by atoms with van der Waals surface area (Å²) in [6.07, 6.45) is 0.437. The van der Waals surface area contributed by atoms with E-state index in [-0.39, 0.29) is 5.75 Å². The van der Waals surface area contributed by atoms with E-state index < -0.39 is 5.97 Å². The third-order valence-corrected chi connectivity index (χ3v) is 1.83. The van der Waals surface area contributed by atoms with Gasteiger partial charge >= 0.3 is 5.97 Å². The number of carbonyl (C=O) groups excluding carboxylic acids is 1. The van der Waals surface area contributed by atoms with Crippen molar-refractivity contribution in [3.05, 3.63) is 42.0 Å². The minimum absolute atomic E-state index is 0.206. The third kappa shape index (κ3) is 2.62. The van der Waals surface area contributed by atoms with Crippen LogP contribution in [0.15, 0.2) is 36.4 Å². The number of carbonyl (C=O) groups is 1. The van der Waals surface area contributed by atoms with E-state index in [1.54, 1.807) is 24.3 Å². The van der Waals surface area contributed by atoms with E-state index in [1.807, 2.05) is 0 Å². The maximum atomic E-state index is 11.0. The molecule has 0 heterocycles. The van der Waals surface area contributed by atoms with Crippen LogP contribution in [0.25, 0.3) is 0 Å². The first-order valence-corrected chi connectivity index (χ1v) is 4.17. The van der Waals surface area contributed by atoms with E-state index in [4.69, 9.17) is 5.11 Å². The number of ether oxygens (including phenoxy) is 1. The molecule has 0 amide bonds. The Morgan fingerprint density at radius 3 is 2.50 bits per heavy atom. The fourth-order valence-electron chi connectivity index (χ4n) is 1.08. The Morgan fingerprint density at radius 1 is 1.43 bits per heavy atom. The Kier molecular flexibility index (Phi) is 3.29. The zero-order valence-corrected chi connectivity index (χ0v) is 7.99. The lowest BCUT2D eigenvalue weighted by Gasteiger charge is -2.03. The number of esters is 1. The Labute approximate surface area is 82.6 Å². The predicted molar refractivity (Wildman–Crippen MR) is 53.0 cm³/mol. The molecule has 0 aliphatic carbocycles. The summed E-state index contributed by atoms with van der Waals surface area (Å²) in [5, 5.41) is 9.03. The van der Waals surface area contributed by atoms with E-state index in [1.165, 1.54) is 7.11 Å². The van der Waals surface area contributed by atoms with Crippen LogP contribution in [0.2, 0.25) is 0 Å². The van der Waals surface area contributed by atoms with Crippen LogP contribution in [0.4, 0.5) is 0 Å². The average Bonchev–Trinajstić information content (AvgIpc) is 2.20. The highest BCUT2D eigenvalue weighted by Crippen LogP contribution is 2.12. The largest absolute Gasteiger partial charge is 0.508 e. The van der Waals surface area contributed by atoms with E-state index in [9.17, 15) is 4.79 Å². The second-order valence-corrected chi connectivity index (χ2v) is 2.94. The van der Waals surface area contributed by atoms with Crippen LogP contribution in [0, 0.1) is 0 Å². The summed E-state index contributed by atoms with van der Waals surface area (Å²) in [6.45, 7) is 3.61. The van der Waals surface area contributed by atoms with Crippen LogP contribution in [-0.4, -0.2) is 18.2 Å². The van der Waals surface area contributed by atoms with Gasteiger partial charge in [-0.25, -0.2) is 4.79 Å². The summed E-state index contributed by atoms with van der Waals surface area (Å²) in [5.41, 5.74) is 1.32. The van der Waals surface area contributed by atoms with Crippen LogP contribution in [0.1, 0.15) is 5.56 Å². The summed E-state index contributed by atoms with van der Waals surface area (Å²) < 4.78 is 4.52. The molecule has 1 N–H and O–H groups in total. The zero-order valence-electron chi connectivity index (χ0n) is 7.99. The number of aromatic hydroxyl groups is 1. The molecular formula is C11H12O3. The van der Waals surface area contributed by atoms with Gasteiger partial charge < -0.3 is 9.84 Å². The maximum absolute atomic E-state index is 11.0. The first-order valence-electron chi connectivity index (χ1n) is 4.17. The highest BCUT2D eigenvalue weighted by Gasteiger charge is 2.06. The highest BCUT2D eigenvalue weighted by atomic mass is 16.5. The van der Waals surface area contributed by atoms with Crippen molar-refractivity contribution in [1.82, 2.24) is 0 Å².